The average Bonchev–Trinajstić information content (AvgIpc) is 2.46. The monoisotopic (exact) mass is 338 g/mol. The van der Waals surface area contributed by atoms with Crippen molar-refractivity contribution in [3.8, 4) is 0 Å². The smallest absolute Gasteiger partial charge is 0.146 e. The molecule has 0 bridgehead atoms. The number of hydrogen-bond donors (Lipinski definition) is 3. The normalized spacial score (nSPS) is 14.9. The Labute approximate surface area is 142 Å². The molecule has 1 aromatic carbocycles. The Hall–Kier alpha value is -1.69. The molecule has 0 spiro atoms. The molecule has 2 rings (SSSR count). The molecule has 0 saturated carbocycles. The van der Waals surface area contributed by atoms with Crippen molar-refractivity contribution >= 4 is 23.7 Å². The maximum atomic E-state index is 13.5. The summed E-state index contributed by atoms with van der Waals surface area (Å²) in [7, 11) is 1.99. The van der Waals surface area contributed by atoms with Crippen LogP contribution >= 0.6 is 11.8 Å². The van der Waals surface area contributed by atoms with E-state index < -0.39 is 0 Å². The summed E-state index contributed by atoms with van der Waals surface area (Å²) in [6.07, 6.45) is 4.88. The van der Waals surface area contributed by atoms with Crippen LogP contribution in [0.25, 0.3) is 0 Å². The number of hydrogen-bond acceptors (Lipinski definition) is 4. The topological polar surface area (TPSA) is 48.5 Å². The number of aryl methyl sites for hydroxylation is 1. The van der Waals surface area contributed by atoms with Gasteiger partial charge >= 0.3 is 0 Å². The molecule has 0 aromatic heterocycles. The highest BCUT2D eigenvalue weighted by atomic mass is 35.5. The number of likely N-dealkylation sites (N-methyl/N-ethyl adjacent to an activating group) is 1. The van der Waals surface area contributed by atoms with Crippen LogP contribution in [-0.2, 0) is 0 Å². The van der Waals surface area contributed by atoms with Crippen LogP contribution in [0.15, 0.2) is 47.0 Å². The SMILES string of the molecule is C=C/C=C(\C=N/Cl)CNc1c(C)cccc1F.CNC1CNC1. The molecular formula is C17H24ClFN4. The molecule has 1 aliphatic rings. The van der Waals surface area contributed by atoms with Crippen LogP contribution in [0.5, 0.6) is 0 Å². The summed E-state index contributed by atoms with van der Waals surface area (Å²) < 4.78 is 16.9. The van der Waals surface area contributed by atoms with Crippen LogP contribution in [0.3, 0.4) is 0 Å². The van der Waals surface area contributed by atoms with Crippen LogP contribution in [0.1, 0.15) is 5.56 Å². The predicted octanol–water partition coefficient (Wildman–Crippen LogP) is 3.06. The van der Waals surface area contributed by atoms with E-state index in [4.69, 9.17) is 11.8 Å². The molecule has 0 radical (unpaired) electrons. The van der Waals surface area contributed by atoms with Gasteiger partial charge in [0.25, 0.3) is 0 Å². The van der Waals surface area contributed by atoms with Gasteiger partial charge < -0.3 is 16.0 Å². The van der Waals surface area contributed by atoms with Gasteiger partial charge in [-0.2, -0.15) is 4.51 Å². The lowest BCUT2D eigenvalue weighted by Gasteiger charge is -2.25. The minimum Gasteiger partial charge on any atom is -0.378 e. The zero-order chi connectivity index (χ0) is 17.1. The molecule has 4 nitrogen and oxygen atoms in total. The van der Waals surface area contributed by atoms with E-state index in [9.17, 15) is 4.39 Å². The maximum absolute atomic E-state index is 13.5. The van der Waals surface area contributed by atoms with E-state index in [2.05, 4.69) is 27.0 Å². The molecule has 0 unspecified atom stereocenters. The van der Waals surface area contributed by atoms with Gasteiger partial charge in [0.15, 0.2) is 0 Å². The van der Waals surface area contributed by atoms with Crippen LogP contribution in [-0.4, -0.2) is 38.9 Å². The van der Waals surface area contributed by atoms with Crippen molar-refractivity contribution in [2.45, 2.75) is 13.0 Å². The molecule has 23 heavy (non-hydrogen) atoms. The van der Waals surface area contributed by atoms with Gasteiger partial charge in [0.2, 0.25) is 0 Å². The minimum absolute atomic E-state index is 0.272. The number of benzene rings is 1. The van der Waals surface area contributed by atoms with Crippen molar-refractivity contribution in [2.24, 2.45) is 4.51 Å². The van der Waals surface area contributed by atoms with Crippen LogP contribution in [0, 0.1) is 12.7 Å². The molecule has 1 aliphatic heterocycles. The van der Waals surface area contributed by atoms with Gasteiger partial charge in [-0.15, -0.1) is 0 Å². The van der Waals surface area contributed by atoms with Gasteiger partial charge in [0.1, 0.15) is 5.82 Å². The van der Waals surface area contributed by atoms with Crippen LogP contribution in [0.2, 0.25) is 0 Å². The van der Waals surface area contributed by atoms with Crippen molar-refractivity contribution in [1.82, 2.24) is 10.6 Å². The molecule has 1 aromatic rings. The van der Waals surface area contributed by atoms with Crippen LogP contribution in [0.4, 0.5) is 10.1 Å². The summed E-state index contributed by atoms with van der Waals surface area (Å²) in [6.45, 7) is 8.17. The van der Waals surface area contributed by atoms with Crippen molar-refractivity contribution in [1.29, 1.82) is 0 Å². The second kappa shape index (κ2) is 10.9. The van der Waals surface area contributed by atoms with E-state index in [1.807, 2.05) is 20.0 Å². The standard InChI is InChI=1S/C13H14ClFN2.C4H10N2/c1-3-5-11(9-17-14)8-16-13-10(2)6-4-7-12(13)15;1-5-4-2-6-3-4/h3-7,9,16H,1,8H2,2H3;4-6H,2-3H2,1H3/b11-5-,17-9-;. The first-order chi connectivity index (χ1) is 11.1. The molecular weight excluding hydrogens is 315 g/mol. The fourth-order valence-corrected chi connectivity index (χ4v) is 2.03. The predicted molar refractivity (Wildman–Crippen MR) is 98.0 cm³/mol. The van der Waals surface area contributed by atoms with Crippen molar-refractivity contribution in [3.63, 3.8) is 0 Å². The first-order valence-electron chi connectivity index (χ1n) is 7.45. The molecule has 0 amide bonds. The molecule has 1 heterocycles. The molecule has 1 fully saturated rings. The highest BCUT2D eigenvalue weighted by molar-refractivity contribution is 6.18. The van der Waals surface area contributed by atoms with Crippen molar-refractivity contribution in [2.75, 3.05) is 32.0 Å². The Morgan fingerprint density at radius 2 is 2.26 bits per heavy atom. The van der Waals surface area contributed by atoms with Crippen LogP contribution < -0.4 is 16.0 Å². The molecule has 0 aliphatic carbocycles. The number of para-hydroxylation sites is 1. The second-order valence-electron chi connectivity index (χ2n) is 5.13. The molecule has 1 saturated heterocycles. The Balaban J connectivity index is 0.000000366. The number of nitrogens with zero attached hydrogens (tertiary/aromatic N) is 1. The number of allylic oxidation sites excluding steroid dienone is 2. The third kappa shape index (κ3) is 6.95. The average molecular weight is 339 g/mol. The van der Waals surface area contributed by atoms with Gasteiger partial charge in [-0.3, -0.25) is 0 Å². The van der Waals surface area contributed by atoms with Gasteiger partial charge in [-0.1, -0.05) is 30.9 Å². The Morgan fingerprint density at radius 1 is 1.52 bits per heavy atom. The van der Waals surface area contributed by atoms with E-state index in [-0.39, 0.29) is 5.82 Å². The lowest BCUT2D eigenvalue weighted by molar-refractivity contribution is 0.390. The highest BCUT2D eigenvalue weighted by Crippen LogP contribution is 2.18. The summed E-state index contributed by atoms with van der Waals surface area (Å²) >= 11 is 5.27. The van der Waals surface area contributed by atoms with E-state index in [0.29, 0.717) is 12.2 Å². The van der Waals surface area contributed by atoms with Gasteiger partial charge in [0, 0.05) is 43.7 Å². The Kier molecular flexibility index (Phi) is 9.21. The van der Waals surface area contributed by atoms with Gasteiger partial charge in [-0.25, -0.2) is 4.39 Å². The highest BCUT2D eigenvalue weighted by Gasteiger charge is 2.11. The zero-order valence-corrected chi connectivity index (χ0v) is 14.3. The fourth-order valence-electron chi connectivity index (χ4n) is 1.90. The number of rotatable bonds is 6. The first-order valence-corrected chi connectivity index (χ1v) is 7.79. The quantitative estimate of drug-likeness (QED) is 0.552. The third-order valence-electron chi connectivity index (χ3n) is 3.43. The molecule has 126 valence electrons. The second-order valence-corrected chi connectivity index (χ2v) is 5.33. The summed E-state index contributed by atoms with van der Waals surface area (Å²) in [5, 5.41) is 9.30. The lowest BCUT2D eigenvalue weighted by Crippen LogP contribution is -2.54. The Morgan fingerprint density at radius 3 is 2.70 bits per heavy atom. The lowest BCUT2D eigenvalue weighted by atomic mass is 10.2. The molecule has 0 atom stereocenters. The minimum atomic E-state index is -0.272. The number of halogens is 2. The summed E-state index contributed by atoms with van der Waals surface area (Å²) in [4.78, 5) is 0. The first kappa shape index (κ1) is 19.4. The zero-order valence-electron chi connectivity index (χ0n) is 13.6. The van der Waals surface area contributed by atoms with E-state index >= 15 is 0 Å². The largest absolute Gasteiger partial charge is 0.378 e. The molecule has 6 heteroatoms. The summed E-state index contributed by atoms with van der Waals surface area (Å²) in [6, 6.07) is 5.70. The summed E-state index contributed by atoms with van der Waals surface area (Å²) in [5.41, 5.74) is 2.16. The fraction of sp³-hybridized carbons (Fsp3) is 0.353. The van der Waals surface area contributed by atoms with E-state index in [1.54, 1.807) is 18.2 Å². The molecule has 3 N–H and O–H groups in total. The van der Waals surface area contributed by atoms with Gasteiger partial charge in [-0.05, 0) is 31.2 Å². The van der Waals surface area contributed by atoms with Gasteiger partial charge in [0.05, 0.1) is 5.69 Å². The van der Waals surface area contributed by atoms with Crippen molar-refractivity contribution < 1.29 is 4.39 Å². The Bertz CT molecular complexity index is 531. The summed E-state index contributed by atoms with van der Waals surface area (Å²) in [5.74, 6) is -0.272. The number of nitrogens with one attached hydrogen (secondary N) is 3. The third-order valence-corrected chi connectivity index (χ3v) is 3.53. The maximum Gasteiger partial charge on any atom is 0.146 e. The van der Waals surface area contributed by atoms with E-state index in [0.717, 1.165) is 30.3 Å². The van der Waals surface area contributed by atoms with Crippen molar-refractivity contribution in [3.05, 3.63) is 53.9 Å². The van der Waals surface area contributed by atoms with E-state index in [1.165, 1.54) is 12.3 Å². The number of anilines is 1.